The fourth-order valence-electron chi connectivity index (χ4n) is 4.58. The van der Waals surface area contributed by atoms with Gasteiger partial charge in [-0.1, -0.05) is 12.1 Å². The van der Waals surface area contributed by atoms with Gasteiger partial charge in [-0.25, -0.2) is 0 Å². The van der Waals surface area contributed by atoms with Gasteiger partial charge in [0.1, 0.15) is 5.66 Å². The van der Waals surface area contributed by atoms with E-state index in [1.165, 1.54) is 0 Å². The van der Waals surface area contributed by atoms with Gasteiger partial charge < -0.3 is 10.2 Å². The Morgan fingerprint density at radius 1 is 1.25 bits per heavy atom. The van der Waals surface area contributed by atoms with Crippen LogP contribution < -0.4 is 10.2 Å². The molecule has 28 heavy (non-hydrogen) atoms. The maximum Gasteiger partial charge on any atom is 0.257 e. The normalized spacial score (nSPS) is 24.9. The van der Waals surface area contributed by atoms with E-state index >= 15 is 0 Å². The van der Waals surface area contributed by atoms with Crippen molar-refractivity contribution >= 4 is 35.2 Å². The zero-order valence-electron chi connectivity index (χ0n) is 16.3. The molecule has 0 bridgehead atoms. The van der Waals surface area contributed by atoms with E-state index in [1.54, 1.807) is 15.9 Å². The Morgan fingerprint density at radius 3 is 2.79 bits per heavy atom. The second kappa shape index (κ2) is 7.78. The predicted molar refractivity (Wildman–Crippen MR) is 110 cm³/mol. The smallest absolute Gasteiger partial charge is 0.257 e. The molecule has 3 aliphatic rings. The molecule has 2 fully saturated rings. The van der Waals surface area contributed by atoms with Crippen molar-refractivity contribution in [3.8, 4) is 0 Å². The van der Waals surface area contributed by atoms with Crippen molar-refractivity contribution < 1.29 is 14.4 Å². The molecule has 2 saturated heterocycles. The molecule has 0 radical (unpaired) electrons. The van der Waals surface area contributed by atoms with Gasteiger partial charge >= 0.3 is 0 Å². The van der Waals surface area contributed by atoms with E-state index in [1.807, 2.05) is 36.9 Å². The summed E-state index contributed by atoms with van der Waals surface area (Å²) < 4.78 is 0. The van der Waals surface area contributed by atoms with E-state index in [-0.39, 0.29) is 23.8 Å². The van der Waals surface area contributed by atoms with Gasteiger partial charge in [-0.05, 0) is 56.2 Å². The number of benzene rings is 1. The molecule has 1 aromatic rings. The van der Waals surface area contributed by atoms with Gasteiger partial charge in [0.05, 0.1) is 11.3 Å². The van der Waals surface area contributed by atoms with Crippen LogP contribution in [-0.2, 0) is 9.59 Å². The maximum atomic E-state index is 13.1. The molecule has 0 saturated carbocycles. The molecule has 150 valence electrons. The molecule has 3 aliphatic heterocycles. The molecular weight excluding hydrogens is 374 g/mol. The summed E-state index contributed by atoms with van der Waals surface area (Å²) in [6.07, 6.45) is 4.13. The van der Waals surface area contributed by atoms with Crippen molar-refractivity contribution in [1.82, 2.24) is 10.2 Å². The first kappa shape index (κ1) is 19.3. The molecule has 3 amide bonds. The van der Waals surface area contributed by atoms with Crippen LogP contribution in [0.15, 0.2) is 24.3 Å². The molecule has 1 N–H and O–H groups in total. The third kappa shape index (κ3) is 3.41. The minimum atomic E-state index is -0.639. The summed E-state index contributed by atoms with van der Waals surface area (Å²) in [6.45, 7) is 2.44. The summed E-state index contributed by atoms with van der Waals surface area (Å²) in [5.74, 6) is 2.28. The Hall–Kier alpha value is -2.02. The van der Waals surface area contributed by atoms with Crippen molar-refractivity contribution in [2.24, 2.45) is 0 Å². The van der Waals surface area contributed by atoms with Crippen LogP contribution in [0.2, 0.25) is 0 Å². The average Bonchev–Trinajstić information content (AvgIpc) is 3.01. The summed E-state index contributed by atoms with van der Waals surface area (Å²) in [7, 11) is 0. The van der Waals surface area contributed by atoms with Crippen LogP contribution in [0.1, 0.15) is 55.8 Å². The van der Waals surface area contributed by atoms with Crippen molar-refractivity contribution in [1.29, 1.82) is 0 Å². The summed E-state index contributed by atoms with van der Waals surface area (Å²) in [6, 6.07) is 7.61. The highest BCUT2D eigenvalue weighted by molar-refractivity contribution is 7.99. The van der Waals surface area contributed by atoms with Gasteiger partial charge in [-0.15, -0.1) is 0 Å². The Labute approximate surface area is 170 Å². The molecule has 6 nitrogen and oxygen atoms in total. The van der Waals surface area contributed by atoms with Crippen LogP contribution in [0, 0.1) is 0 Å². The maximum absolute atomic E-state index is 13.1. The number of rotatable bonds is 5. The molecule has 7 heteroatoms. The lowest BCUT2D eigenvalue weighted by Crippen LogP contribution is -2.62. The molecule has 0 aliphatic carbocycles. The molecule has 1 aromatic carbocycles. The average molecular weight is 402 g/mol. The van der Waals surface area contributed by atoms with Gasteiger partial charge in [0.2, 0.25) is 11.8 Å². The second-order valence-electron chi connectivity index (χ2n) is 7.98. The van der Waals surface area contributed by atoms with Crippen molar-refractivity contribution in [3.63, 3.8) is 0 Å². The first-order valence-corrected chi connectivity index (χ1v) is 11.3. The van der Waals surface area contributed by atoms with Crippen LogP contribution >= 0.6 is 11.8 Å². The second-order valence-corrected chi connectivity index (χ2v) is 9.20. The number of carbonyl (C=O) groups is 3. The number of carbonyl (C=O) groups excluding carboxylic acids is 3. The molecule has 0 aromatic heterocycles. The summed E-state index contributed by atoms with van der Waals surface area (Å²) >= 11 is 1.94. The number of hydrogen-bond acceptors (Lipinski definition) is 4. The highest BCUT2D eigenvalue weighted by Gasteiger charge is 2.52. The molecule has 4 rings (SSSR count). The quantitative estimate of drug-likeness (QED) is 0.824. The van der Waals surface area contributed by atoms with Gasteiger partial charge in [0.25, 0.3) is 5.91 Å². The zero-order valence-corrected chi connectivity index (χ0v) is 17.1. The van der Waals surface area contributed by atoms with Crippen molar-refractivity contribution in [3.05, 3.63) is 29.8 Å². The molecule has 0 spiro atoms. The fraction of sp³-hybridized carbons (Fsp3) is 0.571. The zero-order chi connectivity index (χ0) is 19.7. The van der Waals surface area contributed by atoms with Crippen molar-refractivity contribution in [2.75, 3.05) is 23.0 Å². The Bertz CT molecular complexity index is 793. The Morgan fingerprint density at radius 2 is 2.00 bits per heavy atom. The van der Waals surface area contributed by atoms with Crippen molar-refractivity contribution in [2.45, 2.75) is 57.2 Å². The van der Waals surface area contributed by atoms with Crippen LogP contribution in [-0.4, -0.2) is 52.4 Å². The third-order valence-electron chi connectivity index (χ3n) is 6.12. The SMILES string of the molecule is C[C@]12CCC(=O)N1c1ccccc1C(=O)N2CCCC(=O)NC1CCSCC1. The van der Waals surface area contributed by atoms with Gasteiger partial charge in [-0.3, -0.25) is 19.3 Å². The van der Waals surface area contributed by atoms with Gasteiger partial charge in [0, 0.05) is 25.4 Å². The number of nitrogens with one attached hydrogen (secondary N) is 1. The predicted octanol–water partition coefficient (Wildman–Crippen LogP) is 2.78. The standard InChI is InChI=1S/C21H27N3O3S/c1-21-11-8-19(26)24(21)17-6-3-2-5-16(17)20(27)23(21)12-4-7-18(25)22-15-9-13-28-14-10-15/h2-3,5-6,15H,4,7-14H2,1H3,(H,22,25)/t21-/m1/s1. The number of para-hydroxylation sites is 1. The van der Waals surface area contributed by atoms with E-state index in [0.29, 0.717) is 43.5 Å². The first-order valence-electron chi connectivity index (χ1n) is 10.1. The van der Waals surface area contributed by atoms with Crippen LogP contribution in [0.25, 0.3) is 0 Å². The third-order valence-corrected chi connectivity index (χ3v) is 7.17. The van der Waals surface area contributed by atoms with Gasteiger partial charge in [-0.2, -0.15) is 11.8 Å². The monoisotopic (exact) mass is 401 g/mol. The largest absolute Gasteiger partial charge is 0.353 e. The molecule has 1 atom stereocenters. The Balaban J connectivity index is 1.43. The number of nitrogens with zero attached hydrogens (tertiary/aromatic N) is 2. The summed E-state index contributed by atoms with van der Waals surface area (Å²) in [4.78, 5) is 41.6. The van der Waals surface area contributed by atoms with Gasteiger partial charge in [0.15, 0.2) is 0 Å². The van der Waals surface area contributed by atoms with E-state index in [0.717, 1.165) is 24.3 Å². The van der Waals surface area contributed by atoms with E-state index in [9.17, 15) is 14.4 Å². The number of thioether (sulfide) groups is 1. The lowest BCUT2D eigenvalue weighted by molar-refractivity contribution is -0.122. The van der Waals surface area contributed by atoms with E-state index in [4.69, 9.17) is 0 Å². The number of amides is 3. The first-order chi connectivity index (χ1) is 13.5. The lowest BCUT2D eigenvalue weighted by Gasteiger charge is -2.48. The number of fused-ring (bicyclic) bond motifs is 3. The minimum absolute atomic E-state index is 0.0474. The summed E-state index contributed by atoms with van der Waals surface area (Å²) in [5.41, 5.74) is 0.639. The molecule has 0 unspecified atom stereocenters. The van der Waals surface area contributed by atoms with E-state index < -0.39 is 5.66 Å². The topological polar surface area (TPSA) is 69.7 Å². The Kier molecular flexibility index (Phi) is 5.36. The summed E-state index contributed by atoms with van der Waals surface area (Å²) in [5, 5.41) is 3.13. The minimum Gasteiger partial charge on any atom is -0.353 e. The van der Waals surface area contributed by atoms with Crippen LogP contribution in [0.5, 0.6) is 0 Å². The van der Waals surface area contributed by atoms with E-state index in [2.05, 4.69) is 5.32 Å². The molecule has 3 heterocycles. The highest BCUT2D eigenvalue weighted by Crippen LogP contribution is 2.44. The number of anilines is 1. The lowest BCUT2D eigenvalue weighted by atomic mass is 9.98. The highest BCUT2D eigenvalue weighted by atomic mass is 32.2. The number of hydrogen-bond donors (Lipinski definition) is 1. The van der Waals surface area contributed by atoms with Crippen LogP contribution in [0.3, 0.4) is 0 Å². The molecular formula is C21H27N3O3S. The van der Waals surface area contributed by atoms with Crippen LogP contribution in [0.4, 0.5) is 5.69 Å². The fourth-order valence-corrected chi connectivity index (χ4v) is 5.69.